The zero-order chi connectivity index (χ0) is 21.3. The van der Waals surface area contributed by atoms with Gasteiger partial charge in [0, 0.05) is 18.7 Å². The third-order valence-electron chi connectivity index (χ3n) is 4.57. The number of nitrogens with zero attached hydrogens (tertiary/aromatic N) is 2. The molecule has 0 bridgehead atoms. The standard InChI is InChI=1S/C22H31N5O3/c1-4-23-22(25-13-19-11-20(15(2)3)27-30-19)24-12-16-6-5-7-18(10-16)29-14-21(28)26-17-8-9-17/h5-7,10-11,15,17H,4,8-9,12-14H2,1-3H3,(H,26,28)(H2,23,24,25). The summed E-state index contributed by atoms with van der Waals surface area (Å²) in [5.74, 6) is 2.38. The fourth-order valence-corrected chi connectivity index (χ4v) is 2.75. The molecule has 1 fully saturated rings. The van der Waals surface area contributed by atoms with E-state index in [-0.39, 0.29) is 12.5 Å². The molecular formula is C22H31N5O3. The molecule has 1 aromatic heterocycles. The Morgan fingerprint density at radius 1 is 1.30 bits per heavy atom. The molecule has 1 aliphatic rings. The Bertz CT molecular complexity index is 858. The number of aromatic nitrogens is 1. The van der Waals surface area contributed by atoms with E-state index in [0.717, 1.165) is 36.4 Å². The van der Waals surface area contributed by atoms with E-state index in [1.165, 1.54) is 0 Å². The summed E-state index contributed by atoms with van der Waals surface area (Å²) in [7, 11) is 0. The highest BCUT2D eigenvalue weighted by molar-refractivity contribution is 5.79. The number of hydrogen-bond donors (Lipinski definition) is 3. The van der Waals surface area contributed by atoms with Crippen LogP contribution in [0.1, 0.15) is 56.5 Å². The summed E-state index contributed by atoms with van der Waals surface area (Å²) in [6.45, 7) is 7.94. The lowest BCUT2D eigenvalue weighted by Gasteiger charge is -2.10. The molecule has 162 valence electrons. The van der Waals surface area contributed by atoms with E-state index in [2.05, 4.69) is 39.9 Å². The van der Waals surface area contributed by atoms with Crippen LogP contribution in [0.3, 0.4) is 0 Å². The number of amides is 1. The van der Waals surface area contributed by atoms with Crippen molar-refractivity contribution in [1.29, 1.82) is 0 Å². The molecule has 2 aromatic rings. The fourth-order valence-electron chi connectivity index (χ4n) is 2.75. The van der Waals surface area contributed by atoms with Gasteiger partial charge in [-0.3, -0.25) is 4.79 Å². The number of carbonyl (C=O) groups excluding carboxylic acids is 1. The molecule has 1 amide bonds. The van der Waals surface area contributed by atoms with Crippen LogP contribution in [-0.4, -0.2) is 36.2 Å². The number of aliphatic imine (C=N–C) groups is 1. The van der Waals surface area contributed by atoms with Crippen LogP contribution in [0, 0.1) is 0 Å². The van der Waals surface area contributed by atoms with Crippen molar-refractivity contribution < 1.29 is 14.1 Å². The summed E-state index contributed by atoms with van der Waals surface area (Å²) >= 11 is 0. The highest BCUT2D eigenvalue weighted by Crippen LogP contribution is 2.19. The van der Waals surface area contributed by atoms with E-state index in [1.807, 2.05) is 37.3 Å². The first-order chi connectivity index (χ1) is 14.5. The second kappa shape index (κ2) is 10.7. The smallest absolute Gasteiger partial charge is 0.258 e. The van der Waals surface area contributed by atoms with Gasteiger partial charge in [0.1, 0.15) is 5.75 Å². The number of benzene rings is 1. The fraction of sp³-hybridized carbons (Fsp3) is 0.500. The maximum absolute atomic E-state index is 11.8. The van der Waals surface area contributed by atoms with Crippen molar-refractivity contribution in [2.75, 3.05) is 13.2 Å². The van der Waals surface area contributed by atoms with Gasteiger partial charge < -0.3 is 25.2 Å². The van der Waals surface area contributed by atoms with Gasteiger partial charge in [-0.2, -0.15) is 0 Å². The maximum Gasteiger partial charge on any atom is 0.258 e. The van der Waals surface area contributed by atoms with Gasteiger partial charge in [-0.25, -0.2) is 4.99 Å². The largest absolute Gasteiger partial charge is 0.484 e. The Labute approximate surface area is 177 Å². The molecule has 3 N–H and O–H groups in total. The van der Waals surface area contributed by atoms with Gasteiger partial charge in [0.15, 0.2) is 18.3 Å². The van der Waals surface area contributed by atoms with Gasteiger partial charge >= 0.3 is 0 Å². The van der Waals surface area contributed by atoms with Crippen molar-refractivity contribution in [1.82, 2.24) is 21.1 Å². The molecular weight excluding hydrogens is 382 g/mol. The SMILES string of the molecule is CCNC(=NCc1cccc(OCC(=O)NC2CC2)c1)NCc1cc(C(C)C)no1. The van der Waals surface area contributed by atoms with E-state index in [9.17, 15) is 4.79 Å². The van der Waals surface area contributed by atoms with E-state index >= 15 is 0 Å². The first kappa shape index (κ1) is 21.7. The molecule has 0 saturated heterocycles. The molecule has 0 radical (unpaired) electrons. The number of ether oxygens (including phenoxy) is 1. The summed E-state index contributed by atoms with van der Waals surface area (Å²) in [5.41, 5.74) is 1.94. The number of hydrogen-bond acceptors (Lipinski definition) is 5. The van der Waals surface area contributed by atoms with E-state index < -0.39 is 0 Å². The summed E-state index contributed by atoms with van der Waals surface area (Å²) < 4.78 is 11.0. The Hall–Kier alpha value is -3.03. The number of carbonyl (C=O) groups is 1. The van der Waals surface area contributed by atoms with Gasteiger partial charge in [0.05, 0.1) is 18.8 Å². The number of nitrogens with one attached hydrogen (secondary N) is 3. The molecule has 0 spiro atoms. The summed E-state index contributed by atoms with van der Waals surface area (Å²) in [4.78, 5) is 16.4. The highest BCUT2D eigenvalue weighted by atomic mass is 16.5. The predicted molar refractivity (Wildman–Crippen MR) is 115 cm³/mol. The third-order valence-corrected chi connectivity index (χ3v) is 4.57. The van der Waals surface area contributed by atoms with Crippen molar-refractivity contribution in [2.45, 2.75) is 58.7 Å². The molecule has 0 unspecified atom stereocenters. The van der Waals surface area contributed by atoms with Crippen molar-refractivity contribution >= 4 is 11.9 Å². The zero-order valence-electron chi connectivity index (χ0n) is 17.9. The molecule has 1 saturated carbocycles. The molecule has 0 aliphatic heterocycles. The van der Waals surface area contributed by atoms with E-state index in [4.69, 9.17) is 9.26 Å². The monoisotopic (exact) mass is 413 g/mol. The molecule has 8 heteroatoms. The Morgan fingerprint density at radius 3 is 2.83 bits per heavy atom. The van der Waals surface area contributed by atoms with Crippen LogP contribution in [0.5, 0.6) is 5.75 Å². The lowest BCUT2D eigenvalue weighted by Crippen LogP contribution is -2.36. The van der Waals surface area contributed by atoms with Gasteiger partial charge in [0.2, 0.25) is 0 Å². The van der Waals surface area contributed by atoms with Crippen LogP contribution < -0.4 is 20.7 Å². The second-order valence-electron chi connectivity index (χ2n) is 7.70. The van der Waals surface area contributed by atoms with Gasteiger partial charge in [-0.1, -0.05) is 31.1 Å². The summed E-state index contributed by atoms with van der Waals surface area (Å²) in [5, 5.41) is 13.5. The third kappa shape index (κ3) is 7.09. The lowest BCUT2D eigenvalue weighted by atomic mass is 10.1. The Morgan fingerprint density at radius 2 is 2.13 bits per heavy atom. The molecule has 0 atom stereocenters. The predicted octanol–water partition coefficient (Wildman–Crippen LogP) is 2.71. The van der Waals surface area contributed by atoms with Gasteiger partial charge in [-0.15, -0.1) is 0 Å². The first-order valence-electron chi connectivity index (χ1n) is 10.5. The molecule has 3 rings (SSSR count). The summed E-state index contributed by atoms with van der Waals surface area (Å²) in [6.07, 6.45) is 2.13. The van der Waals surface area contributed by atoms with Gasteiger partial charge in [-0.05, 0) is 43.4 Å². The van der Waals surface area contributed by atoms with Crippen molar-refractivity contribution in [3.63, 3.8) is 0 Å². The second-order valence-corrected chi connectivity index (χ2v) is 7.70. The minimum atomic E-state index is -0.0763. The minimum absolute atomic E-state index is 0.0307. The minimum Gasteiger partial charge on any atom is -0.484 e. The molecule has 1 heterocycles. The Kier molecular flexibility index (Phi) is 7.70. The van der Waals surface area contributed by atoms with Crippen LogP contribution in [0.2, 0.25) is 0 Å². The van der Waals surface area contributed by atoms with Crippen molar-refractivity contribution in [2.24, 2.45) is 4.99 Å². The average Bonchev–Trinajstić information content (AvgIpc) is 3.41. The molecule has 30 heavy (non-hydrogen) atoms. The average molecular weight is 414 g/mol. The van der Waals surface area contributed by atoms with Crippen LogP contribution in [-0.2, 0) is 17.9 Å². The van der Waals surface area contributed by atoms with Crippen LogP contribution in [0.25, 0.3) is 0 Å². The number of rotatable bonds is 10. The van der Waals surface area contributed by atoms with Crippen molar-refractivity contribution in [3.8, 4) is 5.75 Å². The maximum atomic E-state index is 11.8. The molecule has 1 aromatic carbocycles. The van der Waals surface area contributed by atoms with Crippen LogP contribution in [0.15, 0.2) is 39.8 Å². The zero-order valence-corrected chi connectivity index (χ0v) is 17.9. The van der Waals surface area contributed by atoms with E-state index in [1.54, 1.807) is 0 Å². The normalized spacial score (nSPS) is 13.9. The lowest BCUT2D eigenvalue weighted by molar-refractivity contribution is -0.123. The number of guanidine groups is 1. The molecule has 8 nitrogen and oxygen atoms in total. The topological polar surface area (TPSA) is 101 Å². The van der Waals surface area contributed by atoms with Gasteiger partial charge in [0.25, 0.3) is 5.91 Å². The summed E-state index contributed by atoms with van der Waals surface area (Å²) in [6, 6.07) is 9.94. The van der Waals surface area contributed by atoms with Crippen LogP contribution in [0.4, 0.5) is 0 Å². The van der Waals surface area contributed by atoms with Crippen molar-refractivity contribution in [3.05, 3.63) is 47.3 Å². The first-order valence-corrected chi connectivity index (χ1v) is 10.5. The highest BCUT2D eigenvalue weighted by Gasteiger charge is 2.23. The Balaban J connectivity index is 1.52. The quantitative estimate of drug-likeness (QED) is 0.409. The van der Waals surface area contributed by atoms with E-state index in [0.29, 0.717) is 36.8 Å². The van der Waals surface area contributed by atoms with Crippen LogP contribution >= 0.6 is 0 Å². The molecule has 1 aliphatic carbocycles.